The average Bonchev–Trinajstić information content (AvgIpc) is 3.23. The molecule has 0 radical (unpaired) electrons. The maximum atomic E-state index is 5.51. The predicted octanol–water partition coefficient (Wildman–Crippen LogP) is 1.55. The first kappa shape index (κ1) is 15.5. The van der Waals surface area contributed by atoms with Gasteiger partial charge in [0.1, 0.15) is 5.82 Å². The lowest BCUT2D eigenvalue weighted by atomic mass is 9.95. The van der Waals surface area contributed by atoms with Gasteiger partial charge in [0.25, 0.3) is 0 Å². The van der Waals surface area contributed by atoms with Crippen molar-refractivity contribution in [1.29, 1.82) is 0 Å². The third-order valence-electron chi connectivity index (χ3n) is 5.95. The molecule has 3 fully saturated rings. The number of aromatic nitrogens is 4. The van der Waals surface area contributed by atoms with Crippen molar-refractivity contribution in [1.82, 2.24) is 24.7 Å². The first-order valence-electron chi connectivity index (χ1n) is 9.64. The Morgan fingerprint density at radius 3 is 2.64 bits per heavy atom. The summed E-state index contributed by atoms with van der Waals surface area (Å²) in [6.45, 7) is 7.57. The van der Waals surface area contributed by atoms with Crippen LogP contribution in [-0.2, 0) is 4.74 Å². The molecule has 0 bridgehead atoms. The second-order valence-electron chi connectivity index (χ2n) is 7.66. The van der Waals surface area contributed by atoms with Crippen molar-refractivity contribution in [2.24, 2.45) is 5.92 Å². The van der Waals surface area contributed by atoms with Crippen molar-refractivity contribution in [3.05, 3.63) is 18.0 Å². The van der Waals surface area contributed by atoms with Gasteiger partial charge in [-0.05, 0) is 56.8 Å². The van der Waals surface area contributed by atoms with Gasteiger partial charge >= 0.3 is 0 Å². The third-order valence-corrected chi connectivity index (χ3v) is 5.95. The van der Waals surface area contributed by atoms with Crippen molar-refractivity contribution in [3.8, 4) is 0 Å². The van der Waals surface area contributed by atoms with E-state index >= 15 is 0 Å². The van der Waals surface area contributed by atoms with E-state index in [0.29, 0.717) is 5.92 Å². The number of anilines is 1. The van der Waals surface area contributed by atoms with E-state index < -0.39 is 0 Å². The molecular weight excluding hydrogens is 316 g/mol. The van der Waals surface area contributed by atoms with Gasteiger partial charge < -0.3 is 14.5 Å². The zero-order valence-corrected chi connectivity index (χ0v) is 14.7. The summed E-state index contributed by atoms with van der Waals surface area (Å²) in [5, 5.41) is 13.6. The fourth-order valence-electron chi connectivity index (χ4n) is 4.23. The quantitative estimate of drug-likeness (QED) is 0.840. The Morgan fingerprint density at radius 1 is 1.04 bits per heavy atom. The van der Waals surface area contributed by atoms with Crippen LogP contribution < -0.4 is 4.90 Å². The summed E-state index contributed by atoms with van der Waals surface area (Å²) in [6.07, 6.45) is 4.77. The van der Waals surface area contributed by atoms with Crippen molar-refractivity contribution >= 4 is 11.5 Å². The van der Waals surface area contributed by atoms with E-state index in [-0.39, 0.29) is 0 Å². The van der Waals surface area contributed by atoms with Gasteiger partial charge in [-0.25, -0.2) is 0 Å². The first-order valence-corrected chi connectivity index (χ1v) is 9.64. The topological polar surface area (TPSA) is 58.8 Å². The summed E-state index contributed by atoms with van der Waals surface area (Å²) < 4.78 is 7.50. The summed E-state index contributed by atoms with van der Waals surface area (Å²) in [4.78, 5) is 4.91. The van der Waals surface area contributed by atoms with Crippen LogP contribution in [0.25, 0.3) is 5.65 Å². The Kier molecular flexibility index (Phi) is 4.06. The summed E-state index contributed by atoms with van der Waals surface area (Å²) in [7, 11) is 0. The van der Waals surface area contributed by atoms with Gasteiger partial charge in [0.15, 0.2) is 11.5 Å². The van der Waals surface area contributed by atoms with Crippen LogP contribution in [0.3, 0.4) is 0 Å². The van der Waals surface area contributed by atoms with E-state index in [1.54, 1.807) is 0 Å². The van der Waals surface area contributed by atoms with E-state index in [1.807, 2.05) is 10.6 Å². The molecule has 0 aliphatic carbocycles. The zero-order valence-electron chi connectivity index (χ0n) is 14.7. The third kappa shape index (κ3) is 3.00. The summed E-state index contributed by atoms with van der Waals surface area (Å²) in [6, 6.07) is 4.12. The number of nitrogens with zero attached hydrogens (tertiary/aromatic N) is 6. The second-order valence-corrected chi connectivity index (χ2v) is 7.66. The lowest BCUT2D eigenvalue weighted by Gasteiger charge is -2.33. The molecule has 25 heavy (non-hydrogen) atoms. The maximum absolute atomic E-state index is 5.51. The molecule has 2 aromatic rings. The van der Waals surface area contributed by atoms with E-state index in [2.05, 4.69) is 26.1 Å². The molecule has 2 aromatic heterocycles. The molecule has 7 nitrogen and oxygen atoms in total. The van der Waals surface area contributed by atoms with Gasteiger partial charge in [-0.1, -0.05) is 0 Å². The minimum absolute atomic E-state index is 0.463. The first-order chi connectivity index (χ1) is 12.4. The molecule has 1 unspecified atom stereocenters. The van der Waals surface area contributed by atoms with Crippen molar-refractivity contribution in [3.63, 3.8) is 0 Å². The predicted molar refractivity (Wildman–Crippen MR) is 95.0 cm³/mol. The summed E-state index contributed by atoms with van der Waals surface area (Å²) >= 11 is 0. The molecule has 3 saturated heterocycles. The normalized spacial score (nSPS) is 25.6. The van der Waals surface area contributed by atoms with Crippen LogP contribution in [-0.4, -0.2) is 70.6 Å². The number of piperidine rings is 1. The molecule has 3 aliphatic heterocycles. The molecule has 5 rings (SSSR count). The van der Waals surface area contributed by atoms with Crippen LogP contribution in [0, 0.1) is 5.92 Å². The minimum atomic E-state index is 0.463. The molecule has 5 heterocycles. The molecule has 7 heteroatoms. The molecule has 3 aliphatic rings. The number of hydrogen-bond donors (Lipinski definition) is 0. The monoisotopic (exact) mass is 342 g/mol. The molecule has 0 aromatic carbocycles. The van der Waals surface area contributed by atoms with Crippen molar-refractivity contribution in [2.75, 3.05) is 50.8 Å². The fourth-order valence-corrected chi connectivity index (χ4v) is 4.23. The van der Waals surface area contributed by atoms with Crippen LogP contribution in [0.4, 0.5) is 5.82 Å². The Labute approximate surface area is 148 Å². The molecule has 1 atom stereocenters. The lowest BCUT2D eigenvalue weighted by molar-refractivity contribution is 0.151. The SMILES string of the molecule is c1cc2nnc(C3CCN(CC4CCOC4)CC3)n2nc1N1CCC1. The molecule has 0 spiro atoms. The molecular formula is C18H26N6O. The highest BCUT2D eigenvalue weighted by Gasteiger charge is 2.28. The van der Waals surface area contributed by atoms with Gasteiger partial charge in [0, 0.05) is 32.2 Å². The zero-order chi connectivity index (χ0) is 16.6. The Bertz CT molecular complexity index is 728. The van der Waals surface area contributed by atoms with Crippen LogP contribution in [0.1, 0.15) is 37.4 Å². The Morgan fingerprint density at radius 2 is 1.92 bits per heavy atom. The van der Waals surface area contributed by atoms with Crippen LogP contribution in [0.5, 0.6) is 0 Å². The van der Waals surface area contributed by atoms with E-state index in [0.717, 1.165) is 75.4 Å². The molecule has 0 saturated carbocycles. The molecule has 0 N–H and O–H groups in total. The fraction of sp³-hybridized carbons (Fsp3) is 0.722. The van der Waals surface area contributed by atoms with Crippen LogP contribution in [0.15, 0.2) is 12.1 Å². The smallest absolute Gasteiger partial charge is 0.178 e. The van der Waals surface area contributed by atoms with Gasteiger partial charge in [0.05, 0.1) is 6.61 Å². The Balaban J connectivity index is 1.28. The highest BCUT2D eigenvalue weighted by atomic mass is 16.5. The van der Waals surface area contributed by atoms with Gasteiger partial charge in [-0.2, -0.15) is 4.52 Å². The van der Waals surface area contributed by atoms with Crippen molar-refractivity contribution in [2.45, 2.75) is 31.6 Å². The lowest BCUT2D eigenvalue weighted by Crippen LogP contribution is -2.38. The molecule has 134 valence electrons. The number of likely N-dealkylation sites (tertiary alicyclic amines) is 1. The number of hydrogen-bond acceptors (Lipinski definition) is 6. The van der Waals surface area contributed by atoms with E-state index in [1.165, 1.54) is 19.4 Å². The molecule has 0 amide bonds. The summed E-state index contributed by atoms with van der Waals surface area (Å²) in [5.74, 6) is 3.29. The Hall–Kier alpha value is -1.73. The number of ether oxygens (including phenoxy) is 1. The van der Waals surface area contributed by atoms with E-state index in [9.17, 15) is 0 Å². The highest BCUT2D eigenvalue weighted by Crippen LogP contribution is 2.28. The minimum Gasteiger partial charge on any atom is -0.381 e. The second kappa shape index (κ2) is 6.53. The number of rotatable bonds is 4. The van der Waals surface area contributed by atoms with Gasteiger partial charge in [-0.3, -0.25) is 0 Å². The standard InChI is InChI=1S/C18H26N6O/c1-7-23(8-1)17-3-2-16-19-20-18(24(16)21-17)15-4-9-22(10-5-15)12-14-6-11-25-13-14/h2-3,14-15H,1,4-13H2. The van der Waals surface area contributed by atoms with Crippen molar-refractivity contribution < 1.29 is 4.74 Å². The van der Waals surface area contributed by atoms with Gasteiger partial charge in [-0.15, -0.1) is 15.3 Å². The number of fused-ring (bicyclic) bond motifs is 1. The highest BCUT2D eigenvalue weighted by molar-refractivity contribution is 5.47. The summed E-state index contributed by atoms with van der Waals surface area (Å²) in [5.41, 5.74) is 0.866. The van der Waals surface area contributed by atoms with E-state index in [4.69, 9.17) is 9.84 Å². The van der Waals surface area contributed by atoms with Crippen LogP contribution >= 0.6 is 0 Å². The largest absolute Gasteiger partial charge is 0.381 e. The maximum Gasteiger partial charge on any atom is 0.178 e. The average molecular weight is 342 g/mol. The van der Waals surface area contributed by atoms with Crippen LogP contribution in [0.2, 0.25) is 0 Å². The van der Waals surface area contributed by atoms with Gasteiger partial charge in [0.2, 0.25) is 0 Å².